The number of aryl methyl sites for hydroxylation is 1. The maximum absolute atomic E-state index is 12.6. The Hall–Kier alpha value is -2.12. The van der Waals surface area contributed by atoms with Crippen LogP contribution in [0.15, 0.2) is 23.6 Å². The minimum atomic E-state index is -0.509. The molecule has 29 heavy (non-hydrogen) atoms. The van der Waals surface area contributed by atoms with E-state index < -0.39 is 5.60 Å². The predicted octanol–water partition coefficient (Wildman–Crippen LogP) is 4.40. The Morgan fingerprint density at radius 3 is 2.83 bits per heavy atom. The van der Waals surface area contributed by atoms with Gasteiger partial charge in [-0.15, -0.1) is 11.3 Å². The number of carbonyl (C=O) groups excluding carboxylic acids is 1. The summed E-state index contributed by atoms with van der Waals surface area (Å²) in [6.07, 6.45) is 0.424. The van der Waals surface area contributed by atoms with Gasteiger partial charge in [0.25, 0.3) is 0 Å². The summed E-state index contributed by atoms with van der Waals surface area (Å²) in [6.45, 7) is 11.3. The summed E-state index contributed by atoms with van der Waals surface area (Å²) in [5.74, 6) is -0.203. The molecule has 1 fully saturated rings. The summed E-state index contributed by atoms with van der Waals surface area (Å²) >= 11 is 1.54. The first-order valence-corrected chi connectivity index (χ1v) is 10.9. The van der Waals surface area contributed by atoms with Crippen molar-refractivity contribution in [1.82, 2.24) is 4.98 Å². The second kappa shape index (κ2) is 8.71. The molecule has 1 N–H and O–H groups in total. The van der Waals surface area contributed by atoms with Gasteiger partial charge in [-0.25, -0.2) is 4.98 Å². The molecule has 0 aliphatic carbocycles. The monoisotopic (exact) mass is 418 g/mol. The molecule has 1 aromatic heterocycles. The highest BCUT2D eigenvalue weighted by Crippen LogP contribution is 2.36. The summed E-state index contributed by atoms with van der Waals surface area (Å²) in [7, 11) is 0. The van der Waals surface area contributed by atoms with Gasteiger partial charge in [0.05, 0.1) is 17.7 Å². The number of anilines is 1. The molecular formula is C22H30N2O4S. The summed E-state index contributed by atoms with van der Waals surface area (Å²) < 4.78 is 11.5. The number of hydrogen-bond acceptors (Lipinski definition) is 7. The second-order valence-corrected chi connectivity index (χ2v) is 9.19. The van der Waals surface area contributed by atoms with E-state index in [2.05, 4.69) is 4.90 Å². The molecule has 0 unspecified atom stereocenters. The van der Waals surface area contributed by atoms with E-state index in [9.17, 15) is 9.90 Å². The molecular weight excluding hydrogens is 388 g/mol. The minimum absolute atomic E-state index is 0.194. The maximum Gasteiger partial charge on any atom is 0.312 e. The van der Waals surface area contributed by atoms with E-state index in [1.807, 2.05) is 58.2 Å². The minimum Gasteiger partial charge on any atom is -0.507 e. The van der Waals surface area contributed by atoms with Gasteiger partial charge in [-0.1, -0.05) is 12.1 Å². The molecule has 158 valence electrons. The summed E-state index contributed by atoms with van der Waals surface area (Å²) in [5, 5.41) is 13.2. The van der Waals surface area contributed by atoms with Crippen molar-refractivity contribution in [2.24, 2.45) is 5.92 Å². The van der Waals surface area contributed by atoms with E-state index in [4.69, 9.17) is 14.5 Å². The van der Waals surface area contributed by atoms with Crippen LogP contribution in [0, 0.1) is 12.8 Å². The van der Waals surface area contributed by atoms with Crippen molar-refractivity contribution < 1.29 is 19.4 Å². The number of phenolic OH excluding ortho intramolecular Hbond substituents is 1. The van der Waals surface area contributed by atoms with Gasteiger partial charge in [0.15, 0.2) is 5.13 Å². The number of thiazole rings is 1. The number of carbonyl (C=O) groups is 1. The van der Waals surface area contributed by atoms with E-state index in [1.165, 1.54) is 11.3 Å². The van der Waals surface area contributed by atoms with Crippen molar-refractivity contribution in [3.8, 4) is 17.0 Å². The van der Waals surface area contributed by atoms with Crippen LogP contribution < -0.4 is 4.90 Å². The van der Waals surface area contributed by atoms with Gasteiger partial charge in [0, 0.05) is 30.6 Å². The van der Waals surface area contributed by atoms with Crippen LogP contribution in [0.5, 0.6) is 5.75 Å². The molecule has 2 atom stereocenters. The fraction of sp³-hybridized carbons (Fsp3) is 0.545. The van der Waals surface area contributed by atoms with Gasteiger partial charge in [0.1, 0.15) is 11.4 Å². The number of piperidine rings is 1. The Bertz CT molecular complexity index is 859. The number of phenols is 1. The van der Waals surface area contributed by atoms with Crippen molar-refractivity contribution in [2.75, 3.05) is 24.6 Å². The maximum atomic E-state index is 12.6. The molecule has 1 saturated heterocycles. The third-order valence-electron chi connectivity index (χ3n) is 4.93. The van der Waals surface area contributed by atoms with Crippen molar-refractivity contribution in [3.63, 3.8) is 0 Å². The smallest absolute Gasteiger partial charge is 0.312 e. The molecule has 1 aromatic carbocycles. The van der Waals surface area contributed by atoms with Crippen LogP contribution in [0.3, 0.4) is 0 Å². The lowest BCUT2D eigenvalue weighted by molar-refractivity contribution is -0.166. The zero-order valence-electron chi connectivity index (χ0n) is 17.8. The van der Waals surface area contributed by atoms with Crippen molar-refractivity contribution in [3.05, 3.63) is 29.1 Å². The number of nitrogens with zero attached hydrogens (tertiary/aromatic N) is 2. The zero-order chi connectivity index (χ0) is 21.2. The standard InChI is InChI=1S/C22H30N2O4S/c1-6-27-18-12-24(11-10-16(18)20(26)28-22(3,4)5)21-23-17(13-29-21)15-9-7-8-14(2)19(15)25/h7-9,13,16,18,25H,6,10-12H2,1-5H3/t16-,18+/m0/s1. The highest BCUT2D eigenvalue weighted by molar-refractivity contribution is 7.14. The number of hydrogen-bond donors (Lipinski definition) is 1. The summed E-state index contributed by atoms with van der Waals surface area (Å²) in [4.78, 5) is 19.5. The average molecular weight is 419 g/mol. The van der Waals surface area contributed by atoms with Crippen LogP contribution >= 0.6 is 11.3 Å². The van der Waals surface area contributed by atoms with Gasteiger partial charge in [-0.3, -0.25) is 4.79 Å². The number of para-hydroxylation sites is 1. The lowest BCUT2D eigenvalue weighted by atomic mass is 9.93. The zero-order valence-corrected chi connectivity index (χ0v) is 18.6. The summed E-state index contributed by atoms with van der Waals surface area (Å²) in [5.41, 5.74) is 1.81. The lowest BCUT2D eigenvalue weighted by Gasteiger charge is -2.38. The number of aromatic nitrogens is 1. The van der Waals surface area contributed by atoms with Crippen LogP contribution in [0.2, 0.25) is 0 Å². The lowest BCUT2D eigenvalue weighted by Crippen LogP contribution is -2.49. The number of ether oxygens (including phenoxy) is 2. The van der Waals surface area contributed by atoms with Crippen molar-refractivity contribution >= 4 is 22.4 Å². The summed E-state index contributed by atoms with van der Waals surface area (Å²) in [6, 6.07) is 5.67. The Morgan fingerprint density at radius 1 is 1.38 bits per heavy atom. The average Bonchev–Trinajstić information content (AvgIpc) is 3.12. The van der Waals surface area contributed by atoms with Gasteiger partial charge in [-0.2, -0.15) is 0 Å². The first-order valence-electron chi connectivity index (χ1n) is 10.0. The topological polar surface area (TPSA) is 71.9 Å². The quantitative estimate of drug-likeness (QED) is 0.726. The van der Waals surface area contributed by atoms with Crippen LogP contribution in [0.25, 0.3) is 11.3 Å². The largest absolute Gasteiger partial charge is 0.507 e. The number of rotatable bonds is 5. The Labute approximate surface area is 176 Å². The fourth-order valence-corrected chi connectivity index (χ4v) is 4.38. The van der Waals surface area contributed by atoms with E-state index in [0.717, 1.165) is 22.0 Å². The first kappa shape index (κ1) is 21.6. The number of esters is 1. The van der Waals surface area contributed by atoms with Crippen molar-refractivity contribution in [1.29, 1.82) is 0 Å². The van der Waals surface area contributed by atoms with Gasteiger partial charge in [-0.05, 0) is 52.7 Å². The van der Waals surface area contributed by atoms with Crippen LogP contribution in [-0.4, -0.2) is 47.5 Å². The highest BCUT2D eigenvalue weighted by Gasteiger charge is 2.38. The molecule has 2 aromatic rings. The van der Waals surface area contributed by atoms with Crippen LogP contribution in [-0.2, 0) is 14.3 Å². The molecule has 0 saturated carbocycles. The Balaban J connectivity index is 1.76. The third-order valence-corrected chi connectivity index (χ3v) is 5.83. The van der Waals surface area contributed by atoms with Crippen LogP contribution in [0.1, 0.15) is 39.7 Å². The van der Waals surface area contributed by atoms with Gasteiger partial charge in [0.2, 0.25) is 0 Å². The first-order chi connectivity index (χ1) is 13.7. The molecule has 0 spiro atoms. The van der Waals surface area contributed by atoms with E-state index in [1.54, 1.807) is 0 Å². The number of benzene rings is 1. The molecule has 7 heteroatoms. The third kappa shape index (κ3) is 5.08. The molecule has 6 nitrogen and oxygen atoms in total. The molecule has 0 radical (unpaired) electrons. The van der Waals surface area contributed by atoms with Gasteiger partial charge < -0.3 is 19.5 Å². The van der Waals surface area contributed by atoms with Gasteiger partial charge >= 0.3 is 5.97 Å². The molecule has 2 heterocycles. The Kier molecular flexibility index (Phi) is 6.49. The van der Waals surface area contributed by atoms with E-state index in [-0.39, 0.29) is 23.7 Å². The molecule has 1 aliphatic rings. The fourth-order valence-electron chi connectivity index (χ4n) is 3.52. The predicted molar refractivity (Wildman–Crippen MR) is 116 cm³/mol. The number of aromatic hydroxyl groups is 1. The van der Waals surface area contributed by atoms with Crippen LogP contribution in [0.4, 0.5) is 5.13 Å². The SMILES string of the molecule is CCO[C@@H]1CN(c2nc(-c3cccc(C)c3O)cs2)CC[C@@H]1C(=O)OC(C)(C)C. The second-order valence-electron chi connectivity index (χ2n) is 8.35. The normalized spacial score (nSPS) is 20.0. The van der Waals surface area contributed by atoms with E-state index in [0.29, 0.717) is 26.1 Å². The Morgan fingerprint density at radius 2 is 2.14 bits per heavy atom. The molecule has 0 amide bonds. The molecule has 1 aliphatic heterocycles. The highest BCUT2D eigenvalue weighted by atomic mass is 32.1. The van der Waals surface area contributed by atoms with E-state index >= 15 is 0 Å². The molecule has 3 rings (SSSR count). The molecule has 0 bridgehead atoms. The van der Waals surface area contributed by atoms with Crippen molar-refractivity contribution in [2.45, 2.75) is 52.7 Å².